The van der Waals surface area contributed by atoms with E-state index in [1.807, 2.05) is 152 Å². The van der Waals surface area contributed by atoms with Gasteiger partial charge in [0.05, 0.1) is 19.8 Å². The normalized spacial score (nSPS) is 21.0. The lowest BCUT2D eigenvalue weighted by Crippen LogP contribution is -2.61. The molecule has 1 fully saturated rings. The maximum atomic E-state index is 12.3. The number of hydrogen-bond acceptors (Lipinski definition) is 7. The zero-order valence-corrected chi connectivity index (χ0v) is 26.8. The van der Waals surface area contributed by atoms with Crippen LogP contribution in [0.5, 0.6) is 0 Å². The first-order chi connectivity index (χ1) is 23.5. The number of ether oxygens (including phenoxy) is 5. The van der Waals surface area contributed by atoms with Crippen LogP contribution >= 0.6 is 0 Å². The van der Waals surface area contributed by atoms with Crippen molar-refractivity contribution < 1.29 is 33.6 Å². The summed E-state index contributed by atoms with van der Waals surface area (Å²) in [5.74, 6) is -0.566. The average Bonchev–Trinajstić information content (AvgIpc) is 3.14. The Balaban J connectivity index is 1.39. The summed E-state index contributed by atoms with van der Waals surface area (Å²) in [5.41, 5.74) is 3.61. The van der Waals surface area contributed by atoms with Crippen LogP contribution in [-0.2, 0) is 47.3 Å². The van der Waals surface area contributed by atoms with Crippen molar-refractivity contribution >= 4 is 5.97 Å². The third-order valence-electron chi connectivity index (χ3n) is 8.49. The molecule has 0 bridgehead atoms. The second-order valence-electron chi connectivity index (χ2n) is 11.8. The minimum absolute atomic E-state index is 0.00713. The molecule has 6 rings (SSSR count). The maximum absolute atomic E-state index is 12.3. The number of esters is 1. The molecule has 1 aliphatic heterocycles. The second kappa shape index (κ2) is 16.0. The van der Waals surface area contributed by atoms with Gasteiger partial charge in [-0.05, 0) is 27.8 Å². The Morgan fingerprint density at radius 2 is 1.00 bits per heavy atom. The van der Waals surface area contributed by atoms with Gasteiger partial charge in [0, 0.05) is 6.92 Å². The smallest absolute Gasteiger partial charge is 0.303 e. The predicted octanol–water partition coefficient (Wildman–Crippen LogP) is 6.81. The van der Waals surface area contributed by atoms with Crippen LogP contribution in [-0.4, -0.2) is 48.4 Å². The zero-order valence-electron chi connectivity index (χ0n) is 26.8. The van der Waals surface area contributed by atoms with Crippen molar-refractivity contribution in [2.45, 2.75) is 56.4 Å². The highest BCUT2D eigenvalue weighted by Crippen LogP contribution is 2.41. The van der Waals surface area contributed by atoms with Crippen molar-refractivity contribution in [1.82, 2.24) is 0 Å². The minimum Gasteiger partial charge on any atom is -0.454 e. The number of hydrogen-bond donors (Lipinski definition) is 1. The summed E-state index contributed by atoms with van der Waals surface area (Å²) in [4.78, 5) is 12.3. The molecule has 7 heteroatoms. The van der Waals surface area contributed by atoms with Crippen LogP contribution < -0.4 is 0 Å². The van der Waals surface area contributed by atoms with E-state index in [2.05, 4.69) is 0 Å². The molecule has 246 valence electrons. The molecule has 0 aliphatic carbocycles. The van der Waals surface area contributed by atoms with E-state index in [0.717, 1.165) is 27.8 Å². The van der Waals surface area contributed by atoms with Gasteiger partial charge >= 0.3 is 5.97 Å². The van der Waals surface area contributed by atoms with Crippen molar-refractivity contribution in [3.63, 3.8) is 0 Å². The Morgan fingerprint density at radius 3 is 1.42 bits per heavy atom. The molecule has 1 heterocycles. The van der Waals surface area contributed by atoms with Crippen molar-refractivity contribution in [3.8, 4) is 0 Å². The van der Waals surface area contributed by atoms with E-state index in [4.69, 9.17) is 23.7 Å². The van der Waals surface area contributed by atoms with Crippen LogP contribution in [0.4, 0.5) is 0 Å². The predicted molar refractivity (Wildman–Crippen MR) is 182 cm³/mol. The SMILES string of the molecule is CC(=O)O[C@H]1[C@H](OCc2ccccc2)[C@H](OCc2ccccc2)[C@H](COC(c2ccccc2)(c2ccccc2)c2ccccc2)O[C@@H]1O. The minimum atomic E-state index is -1.49. The molecular weight excluding hydrogens is 604 g/mol. The largest absolute Gasteiger partial charge is 0.454 e. The van der Waals surface area contributed by atoms with Crippen LogP contribution in [0.3, 0.4) is 0 Å². The first kappa shape index (κ1) is 33.3. The van der Waals surface area contributed by atoms with Gasteiger partial charge in [-0.3, -0.25) is 4.79 Å². The highest BCUT2D eigenvalue weighted by molar-refractivity contribution is 5.66. The molecule has 0 saturated carbocycles. The van der Waals surface area contributed by atoms with Gasteiger partial charge in [0.1, 0.15) is 23.9 Å². The Kier molecular flexibility index (Phi) is 11.1. The van der Waals surface area contributed by atoms with Crippen molar-refractivity contribution in [2.75, 3.05) is 6.61 Å². The highest BCUT2D eigenvalue weighted by Gasteiger charge is 2.50. The van der Waals surface area contributed by atoms with Gasteiger partial charge in [-0.2, -0.15) is 0 Å². The maximum Gasteiger partial charge on any atom is 0.303 e. The Labute approximate surface area is 281 Å². The fourth-order valence-corrected chi connectivity index (χ4v) is 6.25. The number of aliphatic hydroxyl groups excluding tert-OH is 1. The summed E-state index contributed by atoms with van der Waals surface area (Å²) in [5, 5.41) is 11.3. The summed E-state index contributed by atoms with van der Waals surface area (Å²) in [7, 11) is 0. The lowest BCUT2D eigenvalue weighted by molar-refractivity contribution is -0.311. The van der Waals surface area contributed by atoms with Gasteiger partial charge in [-0.25, -0.2) is 0 Å². The van der Waals surface area contributed by atoms with Gasteiger partial charge in [0.15, 0.2) is 12.4 Å². The van der Waals surface area contributed by atoms with E-state index in [1.165, 1.54) is 6.92 Å². The number of benzene rings is 5. The second-order valence-corrected chi connectivity index (χ2v) is 11.8. The molecule has 0 spiro atoms. The quantitative estimate of drug-likeness (QED) is 0.111. The molecule has 7 nitrogen and oxygen atoms in total. The van der Waals surface area contributed by atoms with Gasteiger partial charge in [-0.1, -0.05) is 152 Å². The highest BCUT2D eigenvalue weighted by atomic mass is 16.7. The van der Waals surface area contributed by atoms with E-state index in [1.54, 1.807) is 0 Å². The van der Waals surface area contributed by atoms with E-state index in [0.29, 0.717) is 0 Å². The van der Waals surface area contributed by atoms with Crippen molar-refractivity contribution in [3.05, 3.63) is 179 Å². The molecule has 0 radical (unpaired) electrons. The molecule has 1 saturated heterocycles. The van der Waals surface area contributed by atoms with Gasteiger partial charge in [0.2, 0.25) is 0 Å². The van der Waals surface area contributed by atoms with Gasteiger partial charge in [0.25, 0.3) is 0 Å². The molecule has 5 atom stereocenters. The molecule has 1 aliphatic rings. The summed E-state index contributed by atoms with van der Waals surface area (Å²) in [6.45, 7) is 1.74. The molecule has 0 amide bonds. The molecule has 0 unspecified atom stereocenters. The fourth-order valence-electron chi connectivity index (χ4n) is 6.25. The number of carbonyl (C=O) groups excluding carboxylic acids is 1. The van der Waals surface area contributed by atoms with E-state index < -0.39 is 42.3 Å². The summed E-state index contributed by atoms with van der Waals surface area (Å²) >= 11 is 0. The Hall–Kier alpha value is -4.63. The van der Waals surface area contributed by atoms with Crippen LogP contribution in [0.2, 0.25) is 0 Å². The van der Waals surface area contributed by atoms with Crippen LogP contribution in [0.25, 0.3) is 0 Å². The summed E-state index contributed by atoms with van der Waals surface area (Å²) in [6.07, 6.45) is -5.10. The number of carbonyl (C=O) groups is 1. The Morgan fingerprint density at radius 1 is 0.604 bits per heavy atom. The first-order valence-corrected chi connectivity index (χ1v) is 16.2. The third kappa shape index (κ3) is 7.73. The van der Waals surface area contributed by atoms with E-state index >= 15 is 0 Å². The van der Waals surface area contributed by atoms with Crippen molar-refractivity contribution in [2.24, 2.45) is 0 Å². The van der Waals surface area contributed by atoms with Gasteiger partial charge in [-0.15, -0.1) is 0 Å². The average molecular weight is 645 g/mol. The molecule has 5 aromatic rings. The van der Waals surface area contributed by atoms with Crippen LogP contribution in [0.15, 0.2) is 152 Å². The Bertz CT molecular complexity index is 1590. The number of rotatable bonds is 13. The van der Waals surface area contributed by atoms with E-state index in [9.17, 15) is 9.90 Å². The fraction of sp³-hybridized carbons (Fsp3) is 0.244. The monoisotopic (exact) mass is 644 g/mol. The number of aliphatic hydroxyl groups is 1. The molecule has 1 N–H and O–H groups in total. The standard InChI is InChI=1S/C41H40O7/c1-30(42)47-39-38(45-28-32-19-9-3-10-20-32)37(44-27-31-17-7-2-8-18-31)36(48-40(39)43)29-46-41(33-21-11-4-12-22-33,34-23-13-5-14-24-34)35-25-15-6-16-26-35/h2-26,36-40,43H,27-29H2,1H3/t36-,37+,38+,39-,40-/m0/s1. The van der Waals surface area contributed by atoms with Crippen molar-refractivity contribution in [1.29, 1.82) is 0 Å². The third-order valence-corrected chi connectivity index (χ3v) is 8.49. The molecule has 48 heavy (non-hydrogen) atoms. The van der Waals surface area contributed by atoms with E-state index in [-0.39, 0.29) is 19.8 Å². The zero-order chi connectivity index (χ0) is 33.2. The molecule has 5 aromatic carbocycles. The van der Waals surface area contributed by atoms with Crippen LogP contribution in [0.1, 0.15) is 34.7 Å². The lowest BCUT2D eigenvalue weighted by atomic mass is 9.80. The first-order valence-electron chi connectivity index (χ1n) is 16.2. The topological polar surface area (TPSA) is 83.5 Å². The molecular formula is C41H40O7. The van der Waals surface area contributed by atoms with Gasteiger partial charge < -0.3 is 28.8 Å². The summed E-state index contributed by atoms with van der Waals surface area (Å²) in [6, 6.07) is 49.6. The van der Waals surface area contributed by atoms with Crippen LogP contribution in [0, 0.1) is 0 Å². The lowest BCUT2D eigenvalue weighted by Gasteiger charge is -2.45. The molecule has 0 aromatic heterocycles. The summed E-state index contributed by atoms with van der Waals surface area (Å²) < 4.78 is 32.0.